The van der Waals surface area contributed by atoms with Gasteiger partial charge in [0, 0.05) is 30.5 Å². The molecule has 5 nitrogen and oxygen atoms in total. The highest BCUT2D eigenvalue weighted by Gasteiger charge is 2.33. The fraction of sp³-hybridized carbons (Fsp3) is 0.444. The zero-order valence-corrected chi connectivity index (χ0v) is 16.5. The van der Waals surface area contributed by atoms with Crippen LogP contribution in [-0.2, 0) is 18.3 Å². The molecular weight excluding hydrogens is 359 g/mol. The summed E-state index contributed by atoms with van der Waals surface area (Å²) in [4.78, 5) is 14.8. The molecule has 1 atom stereocenters. The summed E-state index contributed by atoms with van der Waals surface area (Å²) in [6.45, 7) is 4.94. The first-order valence-corrected chi connectivity index (χ1v) is 8.11. The Kier molecular flexibility index (Phi) is 7.32. The molecule has 0 bridgehead atoms. The molecule has 1 aliphatic heterocycles. The molecular formula is C18H26Cl2N4O. The molecule has 0 saturated carbocycles. The summed E-state index contributed by atoms with van der Waals surface area (Å²) in [6, 6.07) is 7.71. The second kappa shape index (κ2) is 8.59. The van der Waals surface area contributed by atoms with Crippen molar-refractivity contribution in [1.29, 1.82) is 0 Å². The molecule has 0 spiro atoms. The Morgan fingerprint density at radius 1 is 1.24 bits per heavy atom. The number of nitrogens with two attached hydrogens (primary N) is 1. The van der Waals surface area contributed by atoms with Crippen molar-refractivity contribution in [3.63, 3.8) is 0 Å². The van der Waals surface area contributed by atoms with E-state index in [1.54, 1.807) is 0 Å². The third-order valence-corrected chi connectivity index (χ3v) is 4.81. The van der Waals surface area contributed by atoms with Crippen LogP contribution in [0.4, 0.5) is 5.69 Å². The van der Waals surface area contributed by atoms with Crippen LogP contribution in [0.3, 0.4) is 0 Å². The maximum absolute atomic E-state index is 12.8. The molecule has 2 heterocycles. The predicted octanol–water partition coefficient (Wildman–Crippen LogP) is 3.37. The van der Waals surface area contributed by atoms with Crippen LogP contribution in [0.2, 0.25) is 0 Å². The number of likely N-dealkylation sites (tertiary alicyclic amines) is 1. The van der Waals surface area contributed by atoms with Crippen LogP contribution in [0.15, 0.2) is 24.3 Å². The molecule has 1 aromatic heterocycles. The zero-order valence-electron chi connectivity index (χ0n) is 14.9. The lowest BCUT2D eigenvalue weighted by molar-refractivity contribution is -0.131. The first kappa shape index (κ1) is 21.3. The second-order valence-electron chi connectivity index (χ2n) is 6.37. The van der Waals surface area contributed by atoms with Crippen molar-refractivity contribution in [3.05, 3.63) is 46.8 Å². The third-order valence-electron chi connectivity index (χ3n) is 4.81. The topological polar surface area (TPSA) is 64.2 Å². The van der Waals surface area contributed by atoms with Gasteiger partial charge < -0.3 is 10.6 Å². The highest BCUT2D eigenvalue weighted by Crippen LogP contribution is 2.35. The monoisotopic (exact) mass is 384 g/mol. The maximum Gasteiger partial charge on any atom is 0.227 e. The molecule has 1 amide bonds. The summed E-state index contributed by atoms with van der Waals surface area (Å²) in [5.74, 6) is 0.180. The number of aryl methyl sites for hydroxylation is 2. The Bertz CT molecular complexity index is 727. The Labute approximate surface area is 161 Å². The average molecular weight is 385 g/mol. The SMILES string of the molecule is Cc1nn(C)c(C)c1C1CCCN1C(=O)Cc1ccc(N)cc1.Cl.Cl. The van der Waals surface area contributed by atoms with Crippen molar-refractivity contribution in [1.82, 2.24) is 14.7 Å². The van der Waals surface area contributed by atoms with Gasteiger partial charge in [0.2, 0.25) is 5.91 Å². The number of nitrogen functional groups attached to an aromatic ring is 1. The fourth-order valence-corrected chi connectivity index (χ4v) is 3.55. The molecule has 1 saturated heterocycles. The minimum absolute atomic E-state index is 0. The lowest BCUT2D eigenvalue weighted by Crippen LogP contribution is -2.32. The van der Waals surface area contributed by atoms with Gasteiger partial charge in [-0.15, -0.1) is 24.8 Å². The first-order valence-electron chi connectivity index (χ1n) is 8.11. The van der Waals surface area contributed by atoms with Gasteiger partial charge in [-0.3, -0.25) is 9.48 Å². The number of nitrogens with zero attached hydrogens (tertiary/aromatic N) is 3. The van der Waals surface area contributed by atoms with E-state index in [9.17, 15) is 4.79 Å². The smallest absolute Gasteiger partial charge is 0.227 e. The summed E-state index contributed by atoms with van der Waals surface area (Å²) in [7, 11) is 1.96. The molecule has 7 heteroatoms. The van der Waals surface area contributed by atoms with Crippen molar-refractivity contribution in [2.24, 2.45) is 7.05 Å². The van der Waals surface area contributed by atoms with Crippen molar-refractivity contribution >= 4 is 36.4 Å². The van der Waals surface area contributed by atoms with Crippen LogP contribution in [-0.4, -0.2) is 27.1 Å². The van der Waals surface area contributed by atoms with Crippen LogP contribution >= 0.6 is 24.8 Å². The number of anilines is 1. The van der Waals surface area contributed by atoms with Crippen molar-refractivity contribution in [2.45, 2.75) is 39.2 Å². The Hall–Kier alpha value is -1.72. The highest BCUT2D eigenvalue weighted by atomic mass is 35.5. The quantitative estimate of drug-likeness (QED) is 0.824. The number of aromatic nitrogens is 2. The lowest BCUT2D eigenvalue weighted by atomic mass is 10.0. The molecule has 1 fully saturated rings. The van der Waals surface area contributed by atoms with Gasteiger partial charge >= 0.3 is 0 Å². The number of halogens is 2. The van der Waals surface area contributed by atoms with Crippen LogP contribution in [0.25, 0.3) is 0 Å². The molecule has 2 N–H and O–H groups in total. The molecule has 25 heavy (non-hydrogen) atoms. The van der Waals surface area contributed by atoms with E-state index in [4.69, 9.17) is 5.73 Å². The van der Waals surface area contributed by atoms with Crippen LogP contribution in [0.1, 0.15) is 41.4 Å². The Morgan fingerprint density at radius 3 is 2.44 bits per heavy atom. The van der Waals surface area contributed by atoms with Crippen molar-refractivity contribution in [2.75, 3.05) is 12.3 Å². The van der Waals surface area contributed by atoms with Crippen molar-refractivity contribution < 1.29 is 4.79 Å². The zero-order chi connectivity index (χ0) is 16.6. The third kappa shape index (κ3) is 4.28. The van der Waals surface area contributed by atoms with Gasteiger partial charge in [0.1, 0.15) is 0 Å². The summed E-state index contributed by atoms with van der Waals surface area (Å²) in [5.41, 5.74) is 10.8. The first-order chi connectivity index (χ1) is 11.0. The lowest BCUT2D eigenvalue weighted by Gasteiger charge is -2.25. The van der Waals surface area contributed by atoms with Crippen molar-refractivity contribution in [3.8, 4) is 0 Å². The number of hydrogen-bond donors (Lipinski definition) is 1. The van der Waals surface area contributed by atoms with E-state index >= 15 is 0 Å². The van der Waals surface area contributed by atoms with E-state index in [1.807, 2.05) is 47.8 Å². The van der Waals surface area contributed by atoms with E-state index in [-0.39, 0.29) is 36.8 Å². The number of amides is 1. The summed E-state index contributed by atoms with van der Waals surface area (Å²) in [6.07, 6.45) is 2.49. The van der Waals surface area contributed by atoms with Gasteiger partial charge in [-0.1, -0.05) is 12.1 Å². The highest BCUT2D eigenvalue weighted by molar-refractivity contribution is 5.85. The Morgan fingerprint density at radius 2 is 1.88 bits per heavy atom. The van der Waals surface area contributed by atoms with E-state index in [1.165, 1.54) is 5.56 Å². The normalized spacial score (nSPS) is 16.3. The van der Waals surface area contributed by atoms with E-state index in [0.29, 0.717) is 6.42 Å². The largest absolute Gasteiger partial charge is 0.399 e. The number of rotatable bonds is 3. The summed E-state index contributed by atoms with van der Waals surface area (Å²) >= 11 is 0. The van der Waals surface area contributed by atoms with Crippen LogP contribution < -0.4 is 5.73 Å². The van der Waals surface area contributed by atoms with E-state index in [0.717, 1.165) is 42.0 Å². The molecule has 2 aromatic rings. The molecule has 0 radical (unpaired) electrons. The molecule has 0 aliphatic carbocycles. The average Bonchev–Trinajstić information content (AvgIpc) is 3.07. The summed E-state index contributed by atoms with van der Waals surface area (Å²) < 4.78 is 1.91. The van der Waals surface area contributed by atoms with Gasteiger partial charge in [0.15, 0.2) is 0 Å². The number of benzene rings is 1. The van der Waals surface area contributed by atoms with Gasteiger partial charge in [-0.2, -0.15) is 5.10 Å². The molecule has 1 unspecified atom stereocenters. The molecule has 1 aliphatic rings. The minimum Gasteiger partial charge on any atom is -0.399 e. The van der Waals surface area contributed by atoms with Gasteiger partial charge in [0.25, 0.3) is 0 Å². The molecule has 138 valence electrons. The van der Waals surface area contributed by atoms with E-state index in [2.05, 4.69) is 12.0 Å². The molecule has 3 rings (SSSR count). The second-order valence-corrected chi connectivity index (χ2v) is 6.37. The number of hydrogen-bond acceptors (Lipinski definition) is 3. The summed E-state index contributed by atoms with van der Waals surface area (Å²) in [5, 5.41) is 4.51. The van der Waals surface area contributed by atoms with Gasteiger partial charge in [0.05, 0.1) is 18.2 Å². The standard InChI is InChI=1S/C18H24N4O.2ClH/c1-12-18(13(2)21(3)20-12)16-5-4-10-22(16)17(23)11-14-6-8-15(19)9-7-14;;/h6-9,16H,4-5,10-11,19H2,1-3H3;2*1H. The minimum atomic E-state index is 0. The maximum atomic E-state index is 12.8. The van der Waals surface area contributed by atoms with Crippen LogP contribution in [0.5, 0.6) is 0 Å². The Balaban J connectivity index is 0.00000156. The fourth-order valence-electron chi connectivity index (χ4n) is 3.55. The van der Waals surface area contributed by atoms with Crippen LogP contribution in [0, 0.1) is 13.8 Å². The predicted molar refractivity (Wildman–Crippen MR) is 105 cm³/mol. The number of carbonyl (C=O) groups is 1. The number of carbonyl (C=O) groups excluding carboxylic acids is 1. The van der Waals surface area contributed by atoms with Gasteiger partial charge in [-0.05, 0) is 44.4 Å². The van der Waals surface area contributed by atoms with Gasteiger partial charge in [-0.25, -0.2) is 0 Å². The molecule has 1 aromatic carbocycles. The van der Waals surface area contributed by atoms with E-state index < -0.39 is 0 Å².